The number of carbonyl (C=O) groups is 1. The Bertz CT molecular complexity index is 921. The average molecular weight is 364 g/mol. The van der Waals surface area contributed by atoms with E-state index in [-0.39, 0.29) is 11.8 Å². The molecule has 3 N–H and O–H groups in total. The first-order valence-electron chi connectivity index (χ1n) is 9.78. The number of nitrogens with one attached hydrogen (secondary N) is 3. The largest absolute Gasteiger partial charge is 0.342 e. The van der Waals surface area contributed by atoms with Crippen molar-refractivity contribution in [2.45, 2.75) is 31.1 Å². The summed E-state index contributed by atoms with van der Waals surface area (Å²) in [5.41, 5.74) is 3.63. The third kappa shape index (κ3) is 3.12. The fourth-order valence-electron chi connectivity index (χ4n) is 4.29. The van der Waals surface area contributed by atoms with Gasteiger partial charge in [-0.1, -0.05) is 12.1 Å². The maximum atomic E-state index is 13.0. The number of nitrogens with zero attached hydrogens (tertiary/aromatic N) is 3. The van der Waals surface area contributed by atoms with Crippen molar-refractivity contribution in [2.24, 2.45) is 0 Å². The first kappa shape index (κ1) is 16.5. The third-order valence-electron chi connectivity index (χ3n) is 5.82. The maximum absolute atomic E-state index is 13.0. The van der Waals surface area contributed by atoms with Crippen LogP contribution in [0.4, 0.5) is 0 Å². The Morgan fingerprint density at radius 3 is 2.96 bits per heavy atom. The number of piperidine rings is 1. The molecule has 2 aliphatic heterocycles. The number of amides is 1. The second-order valence-corrected chi connectivity index (χ2v) is 7.63. The highest BCUT2D eigenvalue weighted by molar-refractivity contribution is 5.92. The van der Waals surface area contributed by atoms with Crippen LogP contribution in [0.2, 0.25) is 0 Å². The van der Waals surface area contributed by atoms with Gasteiger partial charge in [0, 0.05) is 37.2 Å². The molecule has 140 valence electrons. The second kappa shape index (κ2) is 6.81. The van der Waals surface area contributed by atoms with Crippen LogP contribution in [0.1, 0.15) is 53.1 Å². The zero-order valence-corrected chi connectivity index (χ0v) is 15.2. The van der Waals surface area contributed by atoms with Gasteiger partial charge in [-0.15, -0.1) is 0 Å². The van der Waals surface area contributed by atoms with Crippen LogP contribution < -0.4 is 5.32 Å². The Balaban J connectivity index is 1.32. The number of rotatable bonds is 3. The van der Waals surface area contributed by atoms with Crippen LogP contribution in [-0.2, 0) is 0 Å². The molecule has 1 amide bonds. The van der Waals surface area contributed by atoms with Crippen molar-refractivity contribution < 1.29 is 4.79 Å². The van der Waals surface area contributed by atoms with Gasteiger partial charge in [-0.25, -0.2) is 4.98 Å². The Hall–Kier alpha value is -2.67. The predicted molar refractivity (Wildman–Crippen MR) is 103 cm³/mol. The molecule has 2 aliphatic rings. The number of benzene rings is 1. The van der Waals surface area contributed by atoms with Gasteiger partial charge in [-0.05, 0) is 44.0 Å². The van der Waals surface area contributed by atoms with Crippen molar-refractivity contribution in [3.8, 4) is 0 Å². The Morgan fingerprint density at radius 2 is 2.11 bits per heavy atom. The van der Waals surface area contributed by atoms with Crippen molar-refractivity contribution in [3.63, 3.8) is 0 Å². The Labute approximate surface area is 157 Å². The van der Waals surface area contributed by atoms with Gasteiger partial charge in [0.15, 0.2) is 0 Å². The zero-order chi connectivity index (χ0) is 18.2. The van der Waals surface area contributed by atoms with Crippen LogP contribution in [0.3, 0.4) is 0 Å². The molecule has 0 bridgehead atoms. The van der Waals surface area contributed by atoms with Crippen molar-refractivity contribution in [3.05, 3.63) is 47.5 Å². The highest BCUT2D eigenvalue weighted by Gasteiger charge is 2.29. The molecule has 0 radical (unpaired) electrons. The second-order valence-electron chi connectivity index (χ2n) is 7.63. The van der Waals surface area contributed by atoms with Crippen molar-refractivity contribution in [1.29, 1.82) is 0 Å². The first-order chi connectivity index (χ1) is 13.3. The summed E-state index contributed by atoms with van der Waals surface area (Å²) in [7, 11) is 0. The van der Waals surface area contributed by atoms with Gasteiger partial charge in [0.25, 0.3) is 5.91 Å². The molecule has 0 spiro atoms. The Morgan fingerprint density at radius 1 is 1.19 bits per heavy atom. The number of likely N-dealkylation sites (tertiary alicyclic amines) is 1. The summed E-state index contributed by atoms with van der Waals surface area (Å²) in [5.74, 6) is 1.67. The minimum absolute atomic E-state index is 0.0178. The lowest BCUT2D eigenvalue weighted by Gasteiger charge is -2.31. The van der Waals surface area contributed by atoms with Gasteiger partial charge in [-0.2, -0.15) is 5.10 Å². The molecule has 7 heteroatoms. The molecule has 5 rings (SSSR count). The molecule has 27 heavy (non-hydrogen) atoms. The first-order valence-corrected chi connectivity index (χ1v) is 9.78. The molecule has 2 atom stereocenters. The van der Waals surface area contributed by atoms with Crippen LogP contribution in [0.15, 0.2) is 30.3 Å². The molecular weight excluding hydrogens is 340 g/mol. The van der Waals surface area contributed by atoms with Gasteiger partial charge < -0.3 is 15.2 Å². The van der Waals surface area contributed by atoms with E-state index in [1.807, 2.05) is 35.2 Å². The number of imidazole rings is 1. The summed E-state index contributed by atoms with van der Waals surface area (Å²) in [6, 6.07) is 10.0. The lowest BCUT2D eigenvalue weighted by atomic mass is 9.97. The fraction of sp³-hybridized carbons (Fsp3) is 0.450. The number of H-pyrrole nitrogens is 2. The predicted octanol–water partition coefficient (Wildman–Crippen LogP) is 2.38. The van der Waals surface area contributed by atoms with Crippen molar-refractivity contribution in [1.82, 2.24) is 30.4 Å². The molecule has 4 heterocycles. The normalized spacial score (nSPS) is 23.2. The molecule has 1 aromatic carbocycles. The third-order valence-corrected chi connectivity index (χ3v) is 5.82. The standard InChI is InChI=1S/C20H24N6O/c27-20(18-10-17(24-25-18)13-7-8-21-11-13)26-9-3-4-14(12-26)19-22-15-5-1-2-6-16(15)23-19/h1-2,5-6,10,13-14,21H,3-4,7-9,11-12H2,(H,22,23)(H,24,25). The van der Waals surface area contributed by atoms with Crippen LogP contribution in [-0.4, -0.2) is 57.2 Å². The summed E-state index contributed by atoms with van der Waals surface area (Å²) >= 11 is 0. The molecule has 3 aromatic rings. The number of carbonyl (C=O) groups excluding carboxylic acids is 1. The van der Waals surface area contributed by atoms with E-state index in [1.54, 1.807) is 0 Å². The molecule has 0 aliphatic carbocycles. The van der Waals surface area contributed by atoms with E-state index in [9.17, 15) is 4.79 Å². The van der Waals surface area contributed by atoms with Crippen LogP contribution in [0.5, 0.6) is 0 Å². The summed E-state index contributed by atoms with van der Waals surface area (Å²) < 4.78 is 0. The zero-order valence-electron chi connectivity index (χ0n) is 15.2. The highest BCUT2D eigenvalue weighted by atomic mass is 16.2. The van der Waals surface area contributed by atoms with E-state index in [0.717, 1.165) is 61.4 Å². The molecule has 2 aromatic heterocycles. The Kier molecular flexibility index (Phi) is 4.16. The van der Waals surface area contributed by atoms with Gasteiger partial charge in [0.05, 0.1) is 11.0 Å². The number of para-hydroxylation sites is 2. The van der Waals surface area contributed by atoms with E-state index in [1.165, 1.54) is 0 Å². The smallest absolute Gasteiger partial charge is 0.274 e. The molecule has 0 saturated carbocycles. The van der Waals surface area contributed by atoms with E-state index >= 15 is 0 Å². The van der Waals surface area contributed by atoms with Gasteiger partial charge in [-0.3, -0.25) is 9.89 Å². The number of hydrogen-bond acceptors (Lipinski definition) is 4. The fourth-order valence-corrected chi connectivity index (χ4v) is 4.29. The maximum Gasteiger partial charge on any atom is 0.274 e. The van der Waals surface area contributed by atoms with Crippen LogP contribution >= 0.6 is 0 Å². The highest BCUT2D eigenvalue weighted by Crippen LogP contribution is 2.28. The monoisotopic (exact) mass is 364 g/mol. The number of aromatic nitrogens is 4. The van der Waals surface area contributed by atoms with E-state index in [0.29, 0.717) is 18.2 Å². The molecule has 7 nitrogen and oxygen atoms in total. The number of fused-ring (bicyclic) bond motifs is 1. The van der Waals surface area contributed by atoms with E-state index in [2.05, 4.69) is 20.5 Å². The van der Waals surface area contributed by atoms with Crippen LogP contribution in [0.25, 0.3) is 11.0 Å². The summed E-state index contributed by atoms with van der Waals surface area (Å²) in [4.78, 5) is 23.1. The van der Waals surface area contributed by atoms with E-state index in [4.69, 9.17) is 4.98 Å². The van der Waals surface area contributed by atoms with Gasteiger partial charge in [0.1, 0.15) is 11.5 Å². The molecular formula is C20H24N6O. The molecule has 2 saturated heterocycles. The number of aromatic amines is 2. The number of hydrogen-bond donors (Lipinski definition) is 3. The summed E-state index contributed by atoms with van der Waals surface area (Å²) in [6.07, 6.45) is 3.12. The van der Waals surface area contributed by atoms with E-state index < -0.39 is 0 Å². The minimum Gasteiger partial charge on any atom is -0.342 e. The average Bonchev–Trinajstić information content (AvgIpc) is 3.47. The lowest BCUT2D eigenvalue weighted by Crippen LogP contribution is -2.39. The van der Waals surface area contributed by atoms with Crippen LogP contribution in [0, 0.1) is 0 Å². The van der Waals surface area contributed by atoms with Gasteiger partial charge >= 0.3 is 0 Å². The molecule has 2 fully saturated rings. The topological polar surface area (TPSA) is 89.7 Å². The van der Waals surface area contributed by atoms with Crippen molar-refractivity contribution in [2.75, 3.05) is 26.2 Å². The van der Waals surface area contributed by atoms with Gasteiger partial charge in [0.2, 0.25) is 0 Å². The minimum atomic E-state index is 0.0178. The molecule has 2 unspecified atom stereocenters. The lowest BCUT2D eigenvalue weighted by molar-refractivity contribution is 0.0699. The summed E-state index contributed by atoms with van der Waals surface area (Å²) in [5, 5.41) is 10.7. The quantitative estimate of drug-likeness (QED) is 0.666. The SMILES string of the molecule is O=C(c1cc(C2CCNC2)[nH]n1)N1CCCC(c2nc3ccccc3[nH]2)C1. The summed E-state index contributed by atoms with van der Waals surface area (Å²) in [6.45, 7) is 3.44. The van der Waals surface area contributed by atoms with Crippen molar-refractivity contribution >= 4 is 16.9 Å².